The third-order valence-corrected chi connectivity index (χ3v) is 4.61. The molecule has 0 aliphatic rings. The van der Waals surface area contributed by atoms with Crippen LogP contribution in [0.2, 0.25) is 5.02 Å². The Labute approximate surface area is 185 Å². The van der Waals surface area contributed by atoms with Gasteiger partial charge >= 0.3 is 16.9 Å². The van der Waals surface area contributed by atoms with Gasteiger partial charge in [0.2, 0.25) is 0 Å². The molecule has 32 heavy (non-hydrogen) atoms. The maximum atomic E-state index is 11.7. The van der Waals surface area contributed by atoms with Gasteiger partial charge in [-0.15, -0.1) is 0 Å². The Morgan fingerprint density at radius 3 is 2.66 bits per heavy atom. The Morgan fingerprint density at radius 2 is 1.97 bits per heavy atom. The van der Waals surface area contributed by atoms with Gasteiger partial charge in [0, 0.05) is 5.56 Å². The van der Waals surface area contributed by atoms with E-state index in [1.807, 2.05) is 4.98 Å². The fourth-order valence-electron chi connectivity index (χ4n) is 2.86. The molecule has 0 spiro atoms. The topological polar surface area (TPSA) is 151 Å². The Hall–Kier alpha value is -4.36. The van der Waals surface area contributed by atoms with Crippen LogP contribution in [0.15, 0.2) is 46.0 Å². The lowest BCUT2D eigenvalue weighted by molar-refractivity contribution is -0.386. The van der Waals surface area contributed by atoms with E-state index in [1.54, 1.807) is 30.3 Å². The number of nitriles is 1. The SMILES string of the molecule is COc1cc(/C=C/c2[nH]c(=O)[nH]c(=O)c2[N+](=O)[O-])cc(Cl)c1OCc1ccccc1C#N. The maximum absolute atomic E-state index is 11.7. The first kappa shape index (κ1) is 22.3. The average molecular weight is 455 g/mol. The van der Waals surface area contributed by atoms with Crippen LogP contribution in [0.25, 0.3) is 12.2 Å². The number of aromatic nitrogens is 2. The summed E-state index contributed by atoms with van der Waals surface area (Å²) in [5.41, 5.74) is -1.46. The molecule has 0 radical (unpaired) electrons. The minimum atomic E-state index is -1.12. The fraction of sp³-hybridized carbons (Fsp3) is 0.0952. The number of benzene rings is 2. The first-order valence-electron chi connectivity index (χ1n) is 9.01. The van der Waals surface area contributed by atoms with Gasteiger partial charge in [-0.1, -0.05) is 35.9 Å². The fourth-order valence-corrected chi connectivity index (χ4v) is 3.13. The summed E-state index contributed by atoms with van der Waals surface area (Å²) in [7, 11) is 1.41. The lowest BCUT2D eigenvalue weighted by Gasteiger charge is -2.14. The number of aromatic amines is 2. The third-order valence-electron chi connectivity index (χ3n) is 4.33. The van der Waals surface area contributed by atoms with Gasteiger partial charge in [0.05, 0.1) is 28.7 Å². The van der Waals surface area contributed by atoms with E-state index in [4.69, 9.17) is 21.1 Å². The van der Waals surface area contributed by atoms with Crippen LogP contribution < -0.4 is 20.7 Å². The van der Waals surface area contributed by atoms with Crippen LogP contribution in [0.3, 0.4) is 0 Å². The van der Waals surface area contributed by atoms with Crippen LogP contribution in [0.4, 0.5) is 5.69 Å². The summed E-state index contributed by atoms with van der Waals surface area (Å²) in [5, 5.41) is 20.5. The lowest BCUT2D eigenvalue weighted by Crippen LogP contribution is -2.25. The molecule has 11 heteroatoms. The normalized spacial score (nSPS) is 10.7. The minimum Gasteiger partial charge on any atom is -0.493 e. The van der Waals surface area contributed by atoms with Gasteiger partial charge in [-0.3, -0.25) is 19.9 Å². The highest BCUT2D eigenvalue weighted by molar-refractivity contribution is 6.32. The van der Waals surface area contributed by atoms with Gasteiger partial charge in [0.15, 0.2) is 11.5 Å². The molecule has 10 nitrogen and oxygen atoms in total. The molecule has 0 unspecified atom stereocenters. The van der Waals surface area contributed by atoms with E-state index >= 15 is 0 Å². The number of ether oxygens (including phenoxy) is 2. The number of nitrogens with zero attached hydrogens (tertiary/aromatic N) is 2. The molecule has 0 fully saturated rings. The maximum Gasteiger partial charge on any atom is 0.357 e. The van der Waals surface area contributed by atoms with E-state index < -0.39 is 21.9 Å². The second kappa shape index (κ2) is 9.63. The van der Waals surface area contributed by atoms with Crippen molar-refractivity contribution in [3.05, 3.63) is 94.8 Å². The summed E-state index contributed by atoms with van der Waals surface area (Å²) in [6, 6.07) is 12.1. The van der Waals surface area contributed by atoms with Gasteiger partial charge < -0.3 is 14.5 Å². The minimum absolute atomic E-state index is 0.0786. The monoisotopic (exact) mass is 454 g/mol. The Morgan fingerprint density at radius 1 is 1.22 bits per heavy atom. The van der Waals surface area contributed by atoms with E-state index in [0.29, 0.717) is 16.7 Å². The molecule has 1 heterocycles. The molecule has 162 valence electrons. The van der Waals surface area contributed by atoms with Crippen molar-refractivity contribution >= 4 is 29.4 Å². The zero-order valence-electron chi connectivity index (χ0n) is 16.5. The summed E-state index contributed by atoms with van der Waals surface area (Å²) in [4.78, 5) is 37.5. The third kappa shape index (κ3) is 4.85. The van der Waals surface area contributed by atoms with Crippen LogP contribution in [0, 0.1) is 21.4 Å². The second-order valence-electron chi connectivity index (χ2n) is 6.35. The standard InChI is InChI=1S/C21H15ClN4O6/c1-31-17-9-12(6-7-16-18(26(29)30)20(27)25-21(28)24-16)8-15(22)19(17)32-11-14-5-3-2-4-13(14)10-23/h2-9H,11H2,1H3,(H2,24,25,27,28)/b7-6+. The molecular formula is C21H15ClN4O6. The molecule has 0 aliphatic heterocycles. The molecule has 0 bridgehead atoms. The molecule has 0 saturated carbocycles. The van der Waals surface area contributed by atoms with Crippen LogP contribution >= 0.6 is 11.6 Å². The summed E-state index contributed by atoms with van der Waals surface area (Å²) >= 11 is 6.34. The van der Waals surface area contributed by atoms with E-state index in [9.17, 15) is 25.0 Å². The molecule has 0 saturated heterocycles. The molecule has 2 aromatic carbocycles. The largest absolute Gasteiger partial charge is 0.493 e. The summed E-state index contributed by atoms with van der Waals surface area (Å²) in [6.45, 7) is 0.0786. The van der Waals surface area contributed by atoms with E-state index in [0.717, 1.165) is 0 Å². The molecule has 2 N–H and O–H groups in total. The van der Waals surface area contributed by atoms with E-state index in [1.165, 1.54) is 25.3 Å². The highest BCUT2D eigenvalue weighted by Gasteiger charge is 2.19. The van der Waals surface area contributed by atoms with Gasteiger partial charge in [-0.25, -0.2) is 4.79 Å². The number of hydrogen-bond donors (Lipinski definition) is 2. The number of methoxy groups -OCH3 is 1. The highest BCUT2D eigenvalue weighted by atomic mass is 35.5. The van der Waals surface area contributed by atoms with Crippen molar-refractivity contribution in [1.29, 1.82) is 5.26 Å². The van der Waals surface area contributed by atoms with Crippen molar-refractivity contribution < 1.29 is 14.4 Å². The number of rotatable bonds is 7. The van der Waals surface area contributed by atoms with Crippen molar-refractivity contribution in [2.75, 3.05) is 7.11 Å². The number of H-pyrrole nitrogens is 2. The molecule has 0 aliphatic carbocycles. The molecule has 3 aromatic rings. The first-order chi connectivity index (χ1) is 15.3. The summed E-state index contributed by atoms with van der Waals surface area (Å²) < 4.78 is 11.1. The van der Waals surface area contributed by atoms with Gasteiger partial charge in [-0.2, -0.15) is 5.26 Å². The van der Waals surface area contributed by atoms with E-state index in [2.05, 4.69) is 11.1 Å². The summed E-state index contributed by atoms with van der Waals surface area (Å²) in [6.07, 6.45) is 2.63. The predicted octanol–water partition coefficient (Wildman–Crippen LogP) is 3.25. The van der Waals surface area contributed by atoms with Gasteiger partial charge in [0.1, 0.15) is 12.3 Å². The molecule has 0 amide bonds. The quantitative estimate of drug-likeness (QED) is 0.410. The predicted molar refractivity (Wildman–Crippen MR) is 117 cm³/mol. The van der Waals surface area contributed by atoms with Gasteiger partial charge in [0.25, 0.3) is 0 Å². The average Bonchev–Trinajstić information content (AvgIpc) is 2.75. The smallest absolute Gasteiger partial charge is 0.357 e. The van der Waals surface area contributed by atoms with Crippen molar-refractivity contribution in [2.24, 2.45) is 0 Å². The van der Waals surface area contributed by atoms with Crippen molar-refractivity contribution in [2.45, 2.75) is 6.61 Å². The Kier molecular flexibility index (Phi) is 6.72. The van der Waals surface area contributed by atoms with Crippen molar-refractivity contribution in [3.8, 4) is 17.6 Å². The molecular weight excluding hydrogens is 440 g/mol. The van der Waals surface area contributed by atoms with Crippen molar-refractivity contribution in [1.82, 2.24) is 9.97 Å². The Bertz CT molecular complexity index is 1370. The van der Waals surface area contributed by atoms with Crippen LogP contribution in [0.5, 0.6) is 11.5 Å². The van der Waals surface area contributed by atoms with Crippen LogP contribution in [-0.2, 0) is 6.61 Å². The highest BCUT2D eigenvalue weighted by Crippen LogP contribution is 2.37. The van der Waals surface area contributed by atoms with Crippen LogP contribution in [-0.4, -0.2) is 22.0 Å². The second-order valence-corrected chi connectivity index (χ2v) is 6.76. The van der Waals surface area contributed by atoms with E-state index in [-0.39, 0.29) is 28.8 Å². The van der Waals surface area contributed by atoms with Gasteiger partial charge in [-0.05, 0) is 29.8 Å². The molecule has 0 atom stereocenters. The number of nitrogens with one attached hydrogen (secondary N) is 2. The van der Waals surface area contributed by atoms with Crippen molar-refractivity contribution in [3.63, 3.8) is 0 Å². The number of halogens is 1. The Balaban J connectivity index is 1.92. The number of nitro groups is 1. The molecule has 3 rings (SSSR count). The zero-order chi connectivity index (χ0) is 23.3. The lowest BCUT2D eigenvalue weighted by atomic mass is 10.1. The molecule has 1 aromatic heterocycles. The first-order valence-corrected chi connectivity index (χ1v) is 9.39. The zero-order valence-corrected chi connectivity index (χ0v) is 17.3. The summed E-state index contributed by atoms with van der Waals surface area (Å²) in [5.74, 6) is 0.523. The number of hydrogen-bond acceptors (Lipinski definition) is 7. The van der Waals surface area contributed by atoms with Crippen LogP contribution in [0.1, 0.15) is 22.4 Å².